The molecule has 0 saturated carbocycles. The topological polar surface area (TPSA) is 45.5 Å². The van der Waals surface area contributed by atoms with Crippen molar-refractivity contribution in [3.05, 3.63) is 65.5 Å². The van der Waals surface area contributed by atoms with Crippen molar-refractivity contribution in [3.8, 4) is 0 Å². The minimum Gasteiger partial charge on any atom is -0.440 e. The first-order chi connectivity index (χ1) is 13.7. The number of furan rings is 1. The molecule has 144 valence electrons. The number of carbonyl (C=O) groups excluding carboxylic acids is 1. The Kier molecular flexibility index (Phi) is 4.40. The van der Waals surface area contributed by atoms with Crippen LogP contribution in [0.2, 0.25) is 0 Å². The van der Waals surface area contributed by atoms with Crippen LogP contribution in [-0.2, 0) is 0 Å². The summed E-state index contributed by atoms with van der Waals surface area (Å²) >= 11 is 0. The molecule has 3 heterocycles. The summed E-state index contributed by atoms with van der Waals surface area (Å²) in [5.41, 5.74) is 2.32. The molecule has 2 atom stereocenters. The van der Waals surface area contributed by atoms with E-state index in [0.29, 0.717) is 23.4 Å². The Bertz CT molecular complexity index is 1010. The number of benzene rings is 2. The lowest BCUT2D eigenvalue weighted by molar-refractivity contribution is 0.102. The fourth-order valence-electron chi connectivity index (χ4n) is 4.83. The van der Waals surface area contributed by atoms with Gasteiger partial charge in [-0.25, -0.2) is 4.39 Å². The van der Waals surface area contributed by atoms with Crippen LogP contribution < -0.4 is 5.32 Å². The molecule has 5 rings (SSSR count). The Balaban J connectivity index is 1.49. The van der Waals surface area contributed by atoms with Gasteiger partial charge in [0.1, 0.15) is 11.4 Å². The molecule has 5 heteroatoms. The van der Waals surface area contributed by atoms with Gasteiger partial charge in [-0.1, -0.05) is 18.2 Å². The predicted molar refractivity (Wildman–Crippen MR) is 107 cm³/mol. The third-order valence-corrected chi connectivity index (χ3v) is 6.20. The number of nitrogens with one attached hydrogen (secondary N) is 1. The van der Waals surface area contributed by atoms with Crippen LogP contribution in [0.3, 0.4) is 0 Å². The monoisotopic (exact) mass is 378 g/mol. The van der Waals surface area contributed by atoms with Gasteiger partial charge < -0.3 is 9.32 Å². The summed E-state index contributed by atoms with van der Waals surface area (Å²) in [6.45, 7) is 2.30. The number of fused-ring (bicyclic) bond motifs is 2. The molecular weight excluding hydrogens is 355 g/mol. The predicted octanol–water partition coefficient (Wildman–Crippen LogP) is 5.17. The Morgan fingerprint density at radius 2 is 1.89 bits per heavy atom. The van der Waals surface area contributed by atoms with Gasteiger partial charge in [0.2, 0.25) is 5.88 Å². The molecule has 1 amide bonds. The summed E-state index contributed by atoms with van der Waals surface area (Å²) in [6.07, 6.45) is 4.70. The summed E-state index contributed by atoms with van der Waals surface area (Å²) < 4.78 is 19.2. The van der Waals surface area contributed by atoms with Crippen molar-refractivity contribution >= 4 is 22.8 Å². The second-order valence-electron chi connectivity index (χ2n) is 7.86. The SMILES string of the molecule is O=C(Nc1oc2ccccc2c1C1CCN2CCCC2C1)c1ccc(F)cc1. The van der Waals surface area contributed by atoms with Crippen LogP contribution in [0.15, 0.2) is 52.9 Å². The second kappa shape index (κ2) is 7.06. The number of halogens is 1. The highest BCUT2D eigenvalue weighted by molar-refractivity contribution is 6.05. The maximum absolute atomic E-state index is 13.2. The molecule has 4 nitrogen and oxygen atoms in total. The van der Waals surface area contributed by atoms with Gasteiger partial charge in [0.05, 0.1) is 0 Å². The molecular formula is C23H23FN2O2. The van der Waals surface area contributed by atoms with Gasteiger partial charge >= 0.3 is 0 Å². The lowest BCUT2D eigenvalue weighted by Crippen LogP contribution is -2.37. The molecule has 2 aliphatic rings. The smallest absolute Gasteiger partial charge is 0.257 e. The van der Waals surface area contributed by atoms with Gasteiger partial charge in [-0.3, -0.25) is 10.1 Å². The standard InChI is InChI=1S/C23H23FN2O2/c24-17-9-7-15(8-10-17)22(27)25-23-21(19-5-1-2-6-20(19)28-23)16-11-13-26-12-3-4-18(26)14-16/h1-2,5-10,16,18H,3-4,11-14H2,(H,25,27). The zero-order valence-electron chi connectivity index (χ0n) is 15.7. The first-order valence-electron chi connectivity index (χ1n) is 10.0. The molecule has 0 aliphatic carbocycles. The van der Waals surface area contributed by atoms with Crippen LogP contribution in [0.1, 0.15) is 47.5 Å². The Morgan fingerprint density at radius 1 is 1.07 bits per heavy atom. The van der Waals surface area contributed by atoms with Gasteiger partial charge in [-0.2, -0.15) is 0 Å². The summed E-state index contributed by atoms with van der Waals surface area (Å²) in [5.74, 6) is 0.265. The molecule has 2 unspecified atom stereocenters. The molecule has 2 saturated heterocycles. The minimum atomic E-state index is -0.357. The Hall–Kier alpha value is -2.66. The maximum Gasteiger partial charge on any atom is 0.257 e. The number of carbonyl (C=O) groups is 1. The van der Waals surface area contributed by atoms with E-state index >= 15 is 0 Å². The number of anilines is 1. The third kappa shape index (κ3) is 3.10. The molecule has 0 spiro atoms. The lowest BCUT2D eigenvalue weighted by Gasteiger charge is -2.34. The van der Waals surface area contributed by atoms with Crippen LogP contribution in [0.4, 0.5) is 10.3 Å². The molecule has 3 aromatic rings. The lowest BCUT2D eigenvalue weighted by atomic mass is 9.85. The van der Waals surface area contributed by atoms with Gasteiger partial charge in [0, 0.05) is 22.6 Å². The van der Waals surface area contributed by atoms with E-state index in [-0.39, 0.29) is 11.7 Å². The van der Waals surface area contributed by atoms with E-state index in [9.17, 15) is 9.18 Å². The largest absolute Gasteiger partial charge is 0.440 e. The van der Waals surface area contributed by atoms with Crippen molar-refractivity contribution < 1.29 is 13.6 Å². The van der Waals surface area contributed by atoms with Gasteiger partial charge in [-0.05, 0) is 75.0 Å². The summed E-state index contributed by atoms with van der Waals surface area (Å²) in [6, 6.07) is 14.2. The van der Waals surface area contributed by atoms with Gasteiger partial charge in [0.25, 0.3) is 5.91 Å². The van der Waals surface area contributed by atoms with Crippen LogP contribution in [-0.4, -0.2) is 29.9 Å². The number of rotatable bonds is 3. The van der Waals surface area contributed by atoms with E-state index in [0.717, 1.165) is 35.9 Å². The van der Waals surface area contributed by atoms with E-state index in [1.54, 1.807) is 0 Å². The van der Waals surface area contributed by atoms with Crippen molar-refractivity contribution in [1.29, 1.82) is 0 Å². The third-order valence-electron chi connectivity index (χ3n) is 6.20. The van der Waals surface area contributed by atoms with Crippen LogP contribution in [0.5, 0.6) is 0 Å². The molecule has 1 aromatic heterocycles. The summed E-state index contributed by atoms with van der Waals surface area (Å²) in [7, 11) is 0. The number of amides is 1. The van der Waals surface area contributed by atoms with Crippen molar-refractivity contribution in [2.24, 2.45) is 0 Å². The number of para-hydroxylation sites is 1. The second-order valence-corrected chi connectivity index (χ2v) is 7.86. The van der Waals surface area contributed by atoms with Crippen LogP contribution in [0, 0.1) is 5.82 Å². The fourth-order valence-corrected chi connectivity index (χ4v) is 4.83. The van der Waals surface area contributed by atoms with Crippen LogP contribution in [0.25, 0.3) is 11.0 Å². The van der Waals surface area contributed by atoms with Crippen LogP contribution >= 0.6 is 0 Å². The molecule has 28 heavy (non-hydrogen) atoms. The first kappa shape index (κ1) is 17.4. The number of piperidine rings is 1. The minimum absolute atomic E-state index is 0.279. The number of hydrogen-bond acceptors (Lipinski definition) is 3. The van der Waals surface area contributed by atoms with E-state index in [4.69, 9.17) is 4.42 Å². The van der Waals surface area contributed by atoms with Crippen molar-refractivity contribution in [1.82, 2.24) is 4.90 Å². The van der Waals surface area contributed by atoms with Gasteiger partial charge in [0.15, 0.2) is 0 Å². The normalized spacial score (nSPS) is 22.3. The molecule has 0 radical (unpaired) electrons. The van der Waals surface area contributed by atoms with Crippen molar-refractivity contribution in [2.75, 3.05) is 18.4 Å². The highest BCUT2D eigenvalue weighted by atomic mass is 19.1. The molecule has 1 N–H and O–H groups in total. The van der Waals surface area contributed by atoms with E-state index in [1.807, 2.05) is 18.2 Å². The quantitative estimate of drug-likeness (QED) is 0.684. The van der Waals surface area contributed by atoms with E-state index in [2.05, 4.69) is 16.3 Å². The zero-order chi connectivity index (χ0) is 19.1. The highest BCUT2D eigenvalue weighted by Gasteiger charge is 2.35. The maximum atomic E-state index is 13.2. The number of nitrogens with zero attached hydrogens (tertiary/aromatic N) is 1. The molecule has 2 fully saturated rings. The molecule has 2 aromatic carbocycles. The summed E-state index contributed by atoms with van der Waals surface area (Å²) in [4.78, 5) is 15.3. The number of hydrogen-bond donors (Lipinski definition) is 1. The molecule has 2 aliphatic heterocycles. The average molecular weight is 378 g/mol. The average Bonchev–Trinajstić information content (AvgIpc) is 3.31. The molecule has 0 bridgehead atoms. The zero-order valence-corrected chi connectivity index (χ0v) is 15.7. The highest BCUT2D eigenvalue weighted by Crippen LogP contribution is 2.43. The van der Waals surface area contributed by atoms with Gasteiger partial charge in [-0.15, -0.1) is 0 Å². The van der Waals surface area contributed by atoms with E-state index in [1.165, 1.54) is 43.7 Å². The van der Waals surface area contributed by atoms with E-state index < -0.39 is 0 Å². The summed E-state index contributed by atoms with van der Waals surface area (Å²) in [5, 5.41) is 4.03. The fraction of sp³-hybridized carbons (Fsp3) is 0.348. The first-order valence-corrected chi connectivity index (χ1v) is 10.0. The Labute approximate surface area is 163 Å². The van der Waals surface area contributed by atoms with Crippen molar-refractivity contribution in [2.45, 2.75) is 37.6 Å². The van der Waals surface area contributed by atoms with Crippen molar-refractivity contribution in [3.63, 3.8) is 0 Å². The Morgan fingerprint density at radius 3 is 2.75 bits per heavy atom.